The van der Waals surface area contributed by atoms with E-state index in [0.29, 0.717) is 5.89 Å². The number of benzene rings is 1. The highest BCUT2D eigenvalue weighted by Gasteiger charge is 2.26. The summed E-state index contributed by atoms with van der Waals surface area (Å²) in [4.78, 5) is 9.44. The summed E-state index contributed by atoms with van der Waals surface area (Å²) < 4.78 is 5.64. The van der Waals surface area contributed by atoms with Crippen LogP contribution in [0.1, 0.15) is 31.1 Å². The molecule has 128 valence electrons. The molecule has 2 aliphatic heterocycles. The van der Waals surface area contributed by atoms with E-state index in [1.54, 1.807) is 0 Å². The molecule has 0 amide bonds. The predicted molar refractivity (Wildman–Crippen MR) is 94.0 cm³/mol. The van der Waals surface area contributed by atoms with Crippen LogP contribution in [0.25, 0.3) is 11.5 Å². The van der Waals surface area contributed by atoms with Gasteiger partial charge in [0.1, 0.15) is 0 Å². The van der Waals surface area contributed by atoms with E-state index in [2.05, 4.69) is 45.5 Å². The van der Waals surface area contributed by atoms with Crippen molar-refractivity contribution in [1.29, 1.82) is 0 Å². The second-order valence-electron chi connectivity index (χ2n) is 6.72. The summed E-state index contributed by atoms with van der Waals surface area (Å²) in [6.07, 6.45) is 3.83. The van der Waals surface area contributed by atoms with Crippen LogP contribution in [0.4, 0.5) is 5.69 Å². The number of aromatic nitrogens is 2. The van der Waals surface area contributed by atoms with Gasteiger partial charge in [0.15, 0.2) is 5.82 Å². The van der Waals surface area contributed by atoms with Gasteiger partial charge < -0.3 is 14.7 Å². The molecule has 1 aromatic carbocycles. The standard InChI is InChI=1S/C18H25N5O/c1-22-12-9-19-13-16(22)17-20-18(24-21-17)14-7-3-4-8-15(14)23-10-5-2-6-11-23/h3-4,7-8,16,19H,2,5-6,9-13H2,1H3. The lowest BCUT2D eigenvalue weighted by atomic mass is 10.1. The maximum absolute atomic E-state index is 5.64. The molecule has 1 unspecified atom stereocenters. The Bertz CT molecular complexity index is 680. The molecule has 1 aromatic heterocycles. The molecule has 2 aromatic rings. The summed E-state index contributed by atoms with van der Waals surface area (Å²) in [5, 5.41) is 7.67. The molecule has 0 spiro atoms. The van der Waals surface area contributed by atoms with E-state index in [-0.39, 0.29) is 6.04 Å². The van der Waals surface area contributed by atoms with Crippen molar-refractivity contribution in [3.8, 4) is 11.5 Å². The SMILES string of the molecule is CN1CCNCC1c1noc(-c2ccccc2N2CCCCC2)n1. The minimum Gasteiger partial charge on any atom is -0.371 e. The van der Waals surface area contributed by atoms with Crippen molar-refractivity contribution in [2.45, 2.75) is 25.3 Å². The molecule has 2 fully saturated rings. The van der Waals surface area contributed by atoms with Crippen LogP contribution in [0.15, 0.2) is 28.8 Å². The maximum atomic E-state index is 5.64. The summed E-state index contributed by atoms with van der Waals surface area (Å²) in [7, 11) is 2.11. The average Bonchev–Trinajstić information content (AvgIpc) is 3.12. The lowest BCUT2D eigenvalue weighted by Crippen LogP contribution is -2.44. The number of likely N-dealkylation sites (N-methyl/N-ethyl adjacent to an activating group) is 1. The Hall–Kier alpha value is -1.92. The molecule has 1 atom stereocenters. The molecule has 0 bridgehead atoms. The second kappa shape index (κ2) is 6.91. The number of nitrogens with one attached hydrogen (secondary N) is 1. The zero-order chi connectivity index (χ0) is 16.4. The van der Waals surface area contributed by atoms with Crippen LogP contribution in [0.5, 0.6) is 0 Å². The monoisotopic (exact) mass is 327 g/mol. The fraction of sp³-hybridized carbons (Fsp3) is 0.556. The van der Waals surface area contributed by atoms with Crippen molar-refractivity contribution in [2.75, 3.05) is 44.7 Å². The number of nitrogens with zero attached hydrogens (tertiary/aromatic N) is 4. The Kier molecular flexibility index (Phi) is 4.49. The number of para-hydroxylation sites is 1. The van der Waals surface area contributed by atoms with Crippen LogP contribution < -0.4 is 10.2 Å². The molecule has 6 heteroatoms. The third kappa shape index (κ3) is 3.03. The Morgan fingerprint density at radius 1 is 1.12 bits per heavy atom. The number of piperazine rings is 1. The van der Waals surface area contributed by atoms with Crippen molar-refractivity contribution in [3.05, 3.63) is 30.1 Å². The first-order valence-corrected chi connectivity index (χ1v) is 8.92. The molecule has 4 rings (SSSR count). The highest BCUT2D eigenvalue weighted by Crippen LogP contribution is 2.32. The number of hydrogen-bond donors (Lipinski definition) is 1. The third-order valence-electron chi connectivity index (χ3n) is 5.08. The molecule has 24 heavy (non-hydrogen) atoms. The fourth-order valence-corrected chi connectivity index (χ4v) is 3.64. The lowest BCUT2D eigenvalue weighted by Gasteiger charge is -2.30. The minimum atomic E-state index is 0.179. The summed E-state index contributed by atoms with van der Waals surface area (Å²) in [6, 6.07) is 8.56. The van der Waals surface area contributed by atoms with Crippen molar-refractivity contribution in [3.63, 3.8) is 0 Å². The summed E-state index contributed by atoms with van der Waals surface area (Å²) in [5.41, 5.74) is 2.26. The van der Waals surface area contributed by atoms with Gasteiger partial charge in [0, 0.05) is 38.4 Å². The molecule has 6 nitrogen and oxygen atoms in total. The van der Waals surface area contributed by atoms with Gasteiger partial charge in [0.05, 0.1) is 11.6 Å². The quantitative estimate of drug-likeness (QED) is 0.933. The van der Waals surface area contributed by atoms with Gasteiger partial charge in [-0.15, -0.1) is 0 Å². The van der Waals surface area contributed by atoms with Crippen molar-refractivity contribution >= 4 is 5.69 Å². The Morgan fingerprint density at radius 2 is 1.96 bits per heavy atom. The largest absolute Gasteiger partial charge is 0.371 e. The predicted octanol–water partition coefficient (Wildman–Crippen LogP) is 2.30. The zero-order valence-electron chi connectivity index (χ0n) is 14.2. The topological polar surface area (TPSA) is 57.4 Å². The maximum Gasteiger partial charge on any atom is 0.260 e. The van der Waals surface area contributed by atoms with E-state index >= 15 is 0 Å². The molecule has 2 saturated heterocycles. The minimum absolute atomic E-state index is 0.179. The highest BCUT2D eigenvalue weighted by molar-refractivity contribution is 5.73. The first kappa shape index (κ1) is 15.6. The van der Waals surface area contributed by atoms with Crippen LogP contribution in [0, 0.1) is 0 Å². The molecular weight excluding hydrogens is 302 g/mol. The molecule has 1 N–H and O–H groups in total. The zero-order valence-corrected chi connectivity index (χ0v) is 14.2. The Labute approximate surface area is 142 Å². The van der Waals surface area contributed by atoms with E-state index in [9.17, 15) is 0 Å². The van der Waals surface area contributed by atoms with E-state index in [1.165, 1.54) is 24.9 Å². The van der Waals surface area contributed by atoms with Gasteiger partial charge in [-0.1, -0.05) is 17.3 Å². The van der Waals surface area contributed by atoms with Gasteiger partial charge in [0.2, 0.25) is 0 Å². The van der Waals surface area contributed by atoms with Gasteiger partial charge >= 0.3 is 0 Å². The fourth-order valence-electron chi connectivity index (χ4n) is 3.64. The van der Waals surface area contributed by atoms with Crippen molar-refractivity contribution < 1.29 is 4.52 Å². The molecule has 0 saturated carbocycles. The second-order valence-corrected chi connectivity index (χ2v) is 6.72. The van der Waals surface area contributed by atoms with Crippen LogP contribution in [-0.2, 0) is 0 Å². The van der Waals surface area contributed by atoms with Crippen LogP contribution in [0.3, 0.4) is 0 Å². The van der Waals surface area contributed by atoms with Crippen LogP contribution in [-0.4, -0.2) is 54.8 Å². The molecular formula is C18H25N5O. The van der Waals surface area contributed by atoms with E-state index in [4.69, 9.17) is 9.51 Å². The van der Waals surface area contributed by atoms with Gasteiger partial charge in [-0.05, 0) is 38.4 Å². The van der Waals surface area contributed by atoms with Crippen molar-refractivity contribution in [2.24, 2.45) is 0 Å². The van der Waals surface area contributed by atoms with E-state index in [1.807, 2.05) is 6.07 Å². The number of hydrogen-bond acceptors (Lipinski definition) is 6. The van der Waals surface area contributed by atoms with E-state index < -0.39 is 0 Å². The van der Waals surface area contributed by atoms with Gasteiger partial charge in [-0.2, -0.15) is 4.98 Å². The third-order valence-corrected chi connectivity index (χ3v) is 5.08. The number of piperidine rings is 1. The highest BCUT2D eigenvalue weighted by atomic mass is 16.5. The van der Waals surface area contributed by atoms with Gasteiger partial charge in [-0.25, -0.2) is 0 Å². The smallest absolute Gasteiger partial charge is 0.260 e. The normalized spacial score (nSPS) is 22.7. The average molecular weight is 327 g/mol. The molecule has 2 aliphatic rings. The molecule has 0 aliphatic carbocycles. The molecule has 3 heterocycles. The van der Waals surface area contributed by atoms with Gasteiger partial charge in [0.25, 0.3) is 5.89 Å². The first-order valence-electron chi connectivity index (χ1n) is 8.92. The lowest BCUT2D eigenvalue weighted by molar-refractivity contribution is 0.190. The van der Waals surface area contributed by atoms with Gasteiger partial charge in [-0.3, -0.25) is 4.90 Å². The Morgan fingerprint density at radius 3 is 2.79 bits per heavy atom. The summed E-state index contributed by atoms with van der Waals surface area (Å²) >= 11 is 0. The van der Waals surface area contributed by atoms with E-state index in [0.717, 1.165) is 44.1 Å². The molecule has 0 radical (unpaired) electrons. The van der Waals surface area contributed by atoms with Crippen molar-refractivity contribution in [1.82, 2.24) is 20.4 Å². The Balaban J connectivity index is 1.62. The summed E-state index contributed by atoms with van der Waals surface area (Å²) in [5.74, 6) is 1.40. The van der Waals surface area contributed by atoms with Crippen LogP contribution >= 0.6 is 0 Å². The summed E-state index contributed by atoms with van der Waals surface area (Å²) in [6.45, 7) is 5.08. The number of anilines is 1. The first-order chi connectivity index (χ1) is 11.8. The number of rotatable bonds is 3. The van der Waals surface area contributed by atoms with Crippen LogP contribution in [0.2, 0.25) is 0 Å².